The van der Waals surface area contributed by atoms with E-state index in [1.165, 1.54) is 6.19 Å². The smallest absolute Gasteiger partial charge is 0.274 e. The first-order valence-electron chi connectivity index (χ1n) is 4.72. The van der Waals surface area contributed by atoms with Crippen molar-refractivity contribution in [2.45, 2.75) is 31.9 Å². The average molecular weight is 220 g/mol. The van der Waals surface area contributed by atoms with E-state index in [4.69, 9.17) is 5.26 Å². The Morgan fingerprint density at radius 2 is 1.93 bits per heavy atom. The Bertz CT molecular complexity index is 282. The number of hydrogen-bond acceptors (Lipinski definition) is 2. The SMILES string of the molecule is N#CNC(=O)C1CCCCC1C(F)(F)F. The number of carbonyl (C=O) groups excluding carboxylic acids is 1. The van der Waals surface area contributed by atoms with E-state index in [1.54, 1.807) is 5.32 Å². The highest BCUT2D eigenvalue weighted by Crippen LogP contribution is 2.41. The summed E-state index contributed by atoms with van der Waals surface area (Å²) in [6, 6.07) is 0. The van der Waals surface area contributed by atoms with Crippen LogP contribution in [0.4, 0.5) is 13.2 Å². The summed E-state index contributed by atoms with van der Waals surface area (Å²) in [5.74, 6) is -3.50. The first kappa shape index (κ1) is 11.8. The molecule has 0 bridgehead atoms. The van der Waals surface area contributed by atoms with Crippen molar-refractivity contribution < 1.29 is 18.0 Å². The van der Waals surface area contributed by atoms with E-state index >= 15 is 0 Å². The summed E-state index contributed by atoms with van der Waals surface area (Å²) < 4.78 is 37.6. The molecular formula is C9H11F3N2O. The van der Waals surface area contributed by atoms with Crippen LogP contribution in [0.25, 0.3) is 0 Å². The molecule has 1 saturated carbocycles. The molecule has 1 N–H and O–H groups in total. The topological polar surface area (TPSA) is 52.9 Å². The monoisotopic (exact) mass is 220 g/mol. The Morgan fingerprint density at radius 3 is 2.47 bits per heavy atom. The van der Waals surface area contributed by atoms with Crippen LogP contribution in [0.15, 0.2) is 0 Å². The lowest BCUT2D eigenvalue weighted by Crippen LogP contribution is -2.41. The molecule has 1 aliphatic carbocycles. The van der Waals surface area contributed by atoms with Gasteiger partial charge in [0, 0.05) is 0 Å². The van der Waals surface area contributed by atoms with Crippen LogP contribution in [0, 0.1) is 23.3 Å². The molecule has 2 atom stereocenters. The van der Waals surface area contributed by atoms with Gasteiger partial charge >= 0.3 is 6.18 Å². The van der Waals surface area contributed by atoms with Crippen molar-refractivity contribution in [1.29, 1.82) is 5.26 Å². The molecule has 0 saturated heterocycles. The predicted molar refractivity (Wildman–Crippen MR) is 45.3 cm³/mol. The van der Waals surface area contributed by atoms with Gasteiger partial charge in [0.1, 0.15) is 0 Å². The van der Waals surface area contributed by atoms with E-state index in [9.17, 15) is 18.0 Å². The Morgan fingerprint density at radius 1 is 1.33 bits per heavy atom. The number of halogens is 3. The minimum absolute atomic E-state index is 0.0208. The minimum atomic E-state index is -4.35. The van der Waals surface area contributed by atoms with Crippen LogP contribution in [0.2, 0.25) is 0 Å². The highest BCUT2D eigenvalue weighted by Gasteiger charge is 2.47. The lowest BCUT2D eigenvalue weighted by atomic mass is 9.78. The summed E-state index contributed by atoms with van der Waals surface area (Å²) >= 11 is 0. The fourth-order valence-electron chi connectivity index (χ4n) is 1.98. The van der Waals surface area contributed by atoms with Gasteiger partial charge in [0.05, 0.1) is 11.8 Å². The molecule has 0 heterocycles. The summed E-state index contributed by atoms with van der Waals surface area (Å²) in [7, 11) is 0. The van der Waals surface area contributed by atoms with E-state index in [2.05, 4.69) is 0 Å². The zero-order valence-electron chi connectivity index (χ0n) is 7.97. The number of hydrogen-bond donors (Lipinski definition) is 1. The van der Waals surface area contributed by atoms with Gasteiger partial charge in [-0.15, -0.1) is 0 Å². The van der Waals surface area contributed by atoms with Crippen molar-refractivity contribution in [2.24, 2.45) is 11.8 Å². The minimum Gasteiger partial charge on any atom is -0.274 e. The highest BCUT2D eigenvalue weighted by atomic mass is 19.4. The van der Waals surface area contributed by atoms with Crippen molar-refractivity contribution >= 4 is 5.91 Å². The van der Waals surface area contributed by atoms with Crippen LogP contribution in [0.5, 0.6) is 0 Å². The maximum absolute atomic E-state index is 12.5. The van der Waals surface area contributed by atoms with E-state index < -0.39 is 23.9 Å². The van der Waals surface area contributed by atoms with Crippen molar-refractivity contribution in [3.05, 3.63) is 0 Å². The van der Waals surface area contributed by atoms with Gasteiger partial charge in [-0.2, -0.15) is 18.4 Å². The molecule has 0 aromatic carbocycles. The third-order valence-electron chi connectivity index (χ3n) is 2.70. The van der Waals surface area contributed by atoms with Gasteiger partial charge in [-0.3, -0.25) is 10.1 Å². The highest BCUT2D eigenvalue weighted by molar-refractivity contribution is 5.80. The fourth-order valence-corrected chi connectivity index (χ4v) is 1.98. The van der Waals surface area contributed by atoms with Gasteiger partial charge in [0.15, 0.2) is 6.19 Å². The van der Waals surface area contributed by atoms with Crippen molar-refractivity contribution in [3.63, 3.8) is 0 Å². The second-order valence-corrected chi connectivity index (χ2v) is 3.64. The molecule has 6 heteroatoms. The molecular weight excluding hydrogens is 209 g/mol. The molecule has 1 aliphatic rings. The Labute approximate surface area is 85.3 Å². The molecule has 0 aliphatic heterocycles. The number of carbonyl (C=O) groups is 1. The van der Waals surface area contributed by atoms with Gasteiger partial charge in [-0.25, -0.2) is 0 Å². The van der Waals surface area contributed by atoms with Gasteiger partial charge in [0.2, 0.25) is 5.91 Å². The molecule has 15 heavy (non-hydrogen) atoms. The molecule has 2 unspecified atom stereocenters. The number of nitrogens with zero attached hydrogens (tertiary/aromatic N) is 1. The van der Waals surface area contributed by atoms with Crippen molar-refractivity contribution in [2.75, 3.05) is 0 Å². The maximum atomic E-state index is 12.5. The van der Waals surface area contributed by atoms with E-state index in [-0.39, 0.29) is 12.8 Å². The number of amides is 1. The van der Waals surface area contributed by atoms with Crippen LogP contribution >= 0.6 is 0 Å². The molecule has 84 valence electrons. The van der Waals surface area contributed by atoms with Crippen LogP contribution in [0.3, 0.4) is 0 Å². The van der Waals surface area contributed by atoms with E-state index in [1.807, 2.05) is 0 Å². The summed E-state index contributed by atoms with van der Waals surface area (Å²) in [6.07, 6.45) is -1.70. The zero-order chi connectivity index (χ0) is 11.5. The molecule has 0 aromatic heterocycles. The molecule has 1 fully saturated rings. The first-order chi connectivity index (χ1) is 6.96. The largest absolute Gasteiger partial charge is 0.392 e. The fraction of sp³-hybridized carbons (Fsp3) is 0.778. The standard InChI is InChI=1S/C9H11F3N2O/c10-9(11,12)7-4-2-1-3-6(7)8(15)14-5-13/h6-7H,1-4H2,(H,14,15). The second kappa shape index (κ2) is 4.51. The third-order valence-corrected chi connectivity index (χ3v) is 2.70. The average Bonchev–Trinajstić information content (AvgIpc) is 2.17. The molecule has 0 radical (unpaired) electrons. The van der Waals surface area contributed by atoms with Crippen LogP contribution in [-0.4, -0.2) is 12.1 Å². The van der Waals surface area contributed by atoms with Crippen molar-refractivity contribution in [1.82, 2.24) is 5.32 Å². The van der Waals surface area contributed by atoms with Gasteiger partial charge in [-0.1, -0.05) is 12.8 Å². The summed E-state index contributed by atoms with van der Waals surface area (Å²) in [5, 5.41) is 9.98. The molecule has 1 amide bonds. The normalized spacial score (nSPS) is 26.8. The van der Waals surface area contributed by atoms with E-state index in [0.29, 0.717) is 12.8 Å². The van der Waals surface area contributed by atoms with Crippen LogP contribution in [-0.2, 0) is 4.79 Å². The number of alkyl halides is 3. The van der Waals surface area contributed by atoms with Gasteiger partial charge in [0.25, 0.3) is 0 Å². The summed E-state index contributed by atoms with van der Waals surface area (Å²) in [6.45, 7) is 0. The lowest BCUT2D eigenvalue weighted by molar-refractivity contribution is -0.197. The maximum Gasteiger partial charge on any atom is 0.392 e. The summed E-state index contributed by atoms with van der Waals surface area (Å²) in [5.41, 5.74) is 0. The second-order valence-electron chi connectivity index (χ2n) is 3.64. The quantitative estimate of drug-likeness (QED) is 0.542. The molecule has 0 spiro atoms. The molecule has 0 aromatic rings. The Hall–Kier alpha value is -1.25. The van der Waals surface area contributed by atoms with E-state index in [0.717, 1.165) is 0 Å². The number of rotatable bonds is 1. The first-order valence-corrected chi connectivity index (χ1v) is 4.72. The van der Waals surface area contributed by atoms with Crippen LogP contribution < -0.4 is 5.32 Å². The lowest BCUT2D eigenvalue weighted by Gasteiger charge is -2.31. The third kappa shape index (κ3) is 2.85. The predicted octanol–water partition coefficient (Wildman–Crippen LogP) is 1.95. The molecule has 1 rings (SSSR count). The van der Waals surface area contributed by atoms with Crippen molar-refractivity contribution in [3.8, 4) is 6.19 Å². The zero-order valence-corrected chi connectivity index (χ0v) is 7.97. The van der Waals surface area contributed by atoms with Crippen LogP contribution in [0.1, 0.15) is 25.7 Å². The van der Waals surface area contributed by atoms with Gasteiger partial charge < -0.3 is 0 Å². The van der Waals surface area contributed by atoms with Gasteiger partial charge in [-0.05, 0) is 12.8 Å². The Balaban J connectivity index is 2.75. The summed E-state index contributed by atoms with van der Waals surface area (Å²) in [4.78, 5) is 11.2. The number of nitrogens with one attached hydrogen (secondary N) is 1. The number of nitriles is 1. The molecule has 3 nitrogen and oxygen atoms in total. The Kier molecular flexibility index (Phi) is 3.56.